The summed E-state index contributed by atoms with van der Waals surface area (Å²) in [5.74, 6) is 0. The summed E-state index contributed by atoms with van der Waals surface area (Å²) in [6, 6.07) is 0. The molecule has 2 saturated heterocycles. The predicted octanol–water partition coefficient (Wildman–Crippen LogP) is 2.12. The first kappa shape index (κ1) is 8.52. The SMILES string of the molecule is CC1CCC(CC2CCCO2)O1. The van der Waals surface area contributed by atoms with E-state index in [1.807, 2.05) is 0 Å². The van der Waals surface area contributed by atoms with Gasteiger partial charge in [-0.25, -0.2) is 0 Å². The molecule has 0 aromatic carbocycles. The first-order chi connectivity index (χ1) is 5.84. The fourth-order valence-electron chi connectivity index (χ4n) is 2.18. The smallest absolute Gasteiger partial charge is 0.0604 e. The summed E-state index contributed by atoms with van der Waals surface area (Å²) in [6.45, 7) is 3.13. The summed E-state index contributed by atoms with van der Waals surface area (Å²) in [5, 5.41) is 0. The molecule has 0 aromatic rings. The van der Waals surface area contributed by atoms with E-state index >= 15 is 0 Å². The first-order valence-corrected chi connectivity index (χ1v) is 5.11. The molecule has 0 saturated carbocycles. The third-order valence-corrected chi connectivity index (χ3v) is 2.87. The molecule has 2 fully saturated rings. The van der Waals surface area contributed by atoms with E-state index in [4.69, 9.17) is 9.47 Å². The minimum absolute atomic E-state index is 0.483. The average Bonchev–Trinajstić information content (AvgIpc) is 2.63. The van der Waals surface area contributed by atoms with Crippen LogP contribution in [0.2, 0.25) is 0 Å². The molecule has 2 aliphatic rings. The molecule has 2 nitrogen and oxygen atoms in total. The lowest BCUT2D eigenvalue weighted by Crippen LogP contribution is -2.17. The summed E-state index contributed by atoms with van der Waals surface area (Å²) >= 11 is 0. The van der Waals surface area contributed by atoms with E-state index in [1.54, 1.807) is 0 Å². The molecule has 2 rings (SSSR count). The molecule has 2 heteroatoms. The van der Waals surface area contributed by atoms with Gasteiger partial charge in [-0.2, -0.15) is 0 Å². The summed E-state index contributed by atoms with van der Waals surface area (Å²) in [5.41, 5.74) is 0. The van der Waals surface area contributed by atoms with Crippen molar-refractivity contribution in [3.63, 3.8) is 0 Å². The van der Waals surface area contributed by atoms with E-state index in [-0.39, 0.29) is 0 Å². The Kier molecular flexibility index (Phi) is 2.66. The van der Waals surface area contributed by atoms with Crippen molar-refractivity contribution in [2.24, 2.45) is 0 Å². The Hall–Kier alpha value is -0.0800. The normalized spacial score (nSPS) is 42.2. The zero-order chi connectivity index (χ0) is 8.39. The van der Waals surface area contributed by atoms with Gasteiger partial charge in [0.25, 0.3) is 0 Å². The van der Waals surface area contributed by atoms with Gasteiger partial charge in [0, 0.05) is 6.61 Å². The lowest BCUT2D eigenvalue weighted by atomic mass is 10.1. The Morgan fingerprint density at radius 1 is 1.17 bits per heavy atom. The molecule has 2 heterocycles. The van der Waals surface area contributed by atoms with Crippen molar-refractivity contribution < 1.29 is 9.47 Å². The lowest BCUT2D eigenvalue weighted by molar-refractivity contribution is 0.0103. The van der Waals surface area contributed by atoms with Crippen molar-refractivity contribution >= 4 is 0 Å². The van der Waals surface area contributed by atoms with Gasteiger partial charge in [0.15, 0.2) is 0 Å². The molecular weight excluding hydrogens is 152 g/mol. The van der Waals surface area contributed by atoms with Gasteiger partial charge in [-0.15, -0.1) is 0 Å². The fourth-order valence-corrected chi connectivity index (χ4v) is 2.18. The van der Waals surface area contributed by atoms with Gasteiger partial charge in [-0.1, -0.05) is 0 Å². The van der Waals surface area contributed by atoms with Crippen LogP contribution in [-0.2, 0) is 9.47 Å². The van der Waals surface area contributed by atoms with Gasteiger partial charge >= 0.3 is 0 Å². The van der Waals surface area contributed by atoms with Crippen molar-refractivity contribution in [2.75, 3.05) is 6.61 Å². The molecule has 0 spiro atoms. The van der Waals surface area contributed by atoms with E-state index in [0.29, 0.717) is 18.3 Å². The van der Waals surface area contributed by atoms with Crippen LogP contribution in [-0.4, -0.2) is 24.9 Å². The Morgan fingerprint density at radius 2 is 2.08 bits per heavy atom. The highest BCUT2D eigenvalue weighted by Crippen LogP contribution is 2.26. The highest BCUT2D eigenvalue weighted by Gasteiger charge is 2.26. The maximum atomic E-state index is 5.74. The fraction of sp³-hybridized carbons (Fsp3) is 1.00. The lowest BCUT2D eigenvalue weighted by Gasteiger charge is -2.15. The molecule has 0 amide bonds. The van der Waals surface area contributed by atoms with Gasteiger partial charge in [-0.05, 0) is 39.0 Å². The third kappa shape index (κ3) is 1.99. The zero-order valence-electron chi connectivity index (χ0n) is 7.79. The molecule has 0 aromatic heterocycles. The van der Waals surface area contributed by atoms with E-state index in [9.17, 15) is 0 Å². The van der Waals surface area contributed by atoms with E-state index in [1.165, 1.54) is 25.7 Å². The van der Waals surface area contributed by atoms with Crippen molar-refractivity contribution in [3.05, 3.63) is 0 Å². The third-order valence-electron chi connectivity index (χ3n) is 2.87. The summed E-state index contributed by atoms with van der Waals surface area (Å²) < 4.78 is 11.3. The maximum absolute atomic E-state index is 5.74. The molecule has 12 heavy (non-hydrogen) atoms. The van der Waals surface area contributed by atoms with Crippen LogP contribution in [0, 0.1) is 0 Å². The van der Waals surface area contributed by atoms with Crippen LogP contribution in [0.15, 0.2) is 0 Å². The van der Waals surface area contributed by atoms with E-state index in [0.717, 1.165) is 13.0 Å². The summed E-state index contributed by atoms with van der Waals surface area (Å²) in [7, 11) is 0. The highest BCUT2D eigenvalue weighted by atomic mass is 16.5. The molecule has 0 aliphatic carbocycles. The summed E-state index contributed by atoms with van der Waals surface area (Å²) in [4.78, 5) is 0. The molecule has 0 radical (unpaired) electrons. The number of hydrogen-bond acceptors (Lipinski definition) is 2. The first-order valence-electron chi connectivity index (χ1n) is 5.11. The molecule has 3 atom stereocenters. The Balaban J connectivity index is 1.72. The minimum Gasteiger partial charge on any atom is -0.378 e. The Labute approximate surface area is 74.2 Å². The molecule has 3 unspecified atom stereocenters. The van der Waals surface area contributed by atoms with Crippen LogP contribution < -0.4 is 0 Å². The minimum atomic E-state index is 0.483. The van der Waals surface area contributed by atoms with Gasteiger partial charge in [0.05, 0.1) is 18.3 Å². The van der Waals surface area contributed by atoms with E-state index < -0.39 is 0 Å². The number of rotatable bonds is 2. The molecule has 2 aliphatic heterocycles. The molecule has 0 bridgehead atoms. The largest absolute Gasteiger partial charge is 0.378 e. The quantitative estimate of drug-likeness (QED) is 0.632. The van der Waals surface area contributed by atoms with E-state index in [2.05, 4.69) is 6.92 Å². The maximum Gasteiger partial charge on any atom is 0.0604 e. The molecule has 70 valence electrons. The summed E-state index contributed by atoms with van der Waals surface area (Å²) in [6.07, 6.45) is 7.56. The standard InChI is InChI=1S/C10H18O2/c1-8-4-5-10(12-8)7-9-3-2-6-11-9/h8-10H,2-7H2,1H3. The van der Waals surface area contributed by atoms with Gasteiger partial charge in [0.2, 0.25) is 0 Å². The van der Waals surface area contributed by atoms with Crippen LogP contribution >= 0.6 is 0 Å². The predicted molar refractivity (Wildman–Crippen MR) is 47.2 cm³/mol. The van der Waals surface area contributed by atoms with Crippen LogP contribution in [0.4, 0.5) is 0 Å². The second-order valence-corrected chi connectivity index (χ2v) is 4.02. The van der Waals surface area contributed by atoms with Gasteiger partial charge in [0.1, 0.15) is 0 Å². The Morgan fingerprint density at radius 3 is 2.67 bits per heavy atom. The van der Waals surface area contributed by atoms with Crippen LogP contribution in [0.1, 0.15) is 39.0 Å². The van der Waals surface area contributed by atoms with Gasteiger partial charge < -0.3 is 9.47 Å². The Bertz CT molecular complexity index is 141. The highest BCUT2D eigenvalue weighted by molar-refractivity contribution is 4.76. The topological polar surface area (TPSA) is 18.5 Å². The second kappa shape index (κ2) is 3.75. The monoisotopic (exact) mass is 170 g/mol. The molecular formula is C10H18O2. The van der Waals surface area contributed by atoms with Crippen molar-refractivity contribution in [1.29, 1.82) is 0 Å². The average molecular weight is 170 g/mol. The molecule has 0 N–H and O–H groups in total. The van der Waals surface area contributed by atoms with Crippen molar-refractivity contribution in [1.82, 2.24) is 0 Å². The van der Waals surface area contributed by atoms with Crippen molar-refractivity contribution in [2.45, 2.75) is 57.3 Å². The van der Waals surface area contributed by atoms with Crippen molar-refractivity contribution in [3.8, 4) is 0 Å². The van der Waals surface area contributed by atoms with Crippen LogP contribution in [0.25, 0.3) is 0 Å². The zero-order valence-corrected chi connectivity index (χ0v) is 7.79. The van der Waals surface area contributed by atoms with Gasteiger partial charge in [-0.3, -0.25) is 0 Å². The van der Waals surface area contributed by atoms with Crippen LogP contribution in [0.3, 0.4) is 0 Å². The number of ether oxygens (including phenoxy) is 2. The second-order valence-electron chi connectivity index (χ2n) is 4.02. The van der Waals surface area contributed by atoms with Crippen LogP contribution in [0.5, 0.6) is 0 Å². The number of hydrogen-bond donors (Lipinski definition) is 0.